The Labute approximate surface area is 105 Å². The van der Waals surface area contributed by atoms with E-state index in [9.17, 15) is 9.59 Å². The fourth-order valence-corrected chi connectivity index (χ4v) is 0.831. The molecule has 3 nitrogen and oxygen atoms in total. The maximum Gasteiger partial charge on any atom is 0.220 e. The molecule has 0 rings (SSSR count). The van der Waals surface area contributed by atoms with Crippen LogP contribution in [-0.4, -0.2) is 18.7 Å². The Kier molecular flexibility index (Phi) is 12.5. The predicted molar refractivity (Wildman–Crippen MR) is 47.4 cm³/mol. The molecule has 0 spiro atoms. The third-order valence-electron chi connectivity index (χ3n) is 1.37. The van der Waals surface area contributed by atoms with Gasteiger partial charge in [-0.25, -0.2) is 0 Å². The zero-order chi connectivity index (χ0) is 9.40. The average molecular weight is 259 g/mol. The van der Waals surface area contributed by atoms with Crippen LogP contribution >= 0.6 is 0 Å². The number of nitrogens with one attached hydrogen (secondary N) is 1. The molecule has 0 atom stereocenters. The Morgan fingerprint density at radius 2 is 2.08 bits per heavy atom. The monoisotopic (exact) mass is 259 g/mol. The van der Waals surface area contributed by atoms with Gasteiger partial charge in [-0.15, -0.1) is 0 Å². The summed E-state index contributed by atoms with van der Waals surface area (Å²) in [5, 5.41) is 2.73. The van der Waals surface area contributed by atoms with Crippen molar-refractivity contribution in [3.05, 3.63) is 0 Å². The van der Waals surface area contributed by atoms with Crippen LogP contribution in [0.25, 0.3) is 0 Å². The molecule has 0 aliphatic carbocycles. The number of carbonyl (C=O) groups excluding carboxylic acids is 2. The van der Waals surface area contributed by atoms with Crippen LogP contribution in [0.4, 0.5) is 0 Å². The molecule has 0 aliphatic rings. The van der Waals surface area contributed by atoms with Crippen molar-refractivity contribution < 1.29 is 42.3 Å². The van der Waals surface area contributed by atoms with Gasteiger partial charge in [-0.05, 0) is 5.92 Å². The molecule has 4 heteroatoms. The molecule has 0 aromatic rings. The molecular formula is C9H16NO2Y-. The number of hydrogen-bond donors (Lipinski definition) is 1. The summed E-state index contributed by atoms with van der Waals surface area (Å²) >= 11 is 0. The summed E-state index contributed by atoms with van der Waals surface area (Å²) < 4.78 is 0. The summed E-state index contributed by atoms with van der Waals surface area (Å²) in [6.07, 6.45) is 3.43. The van der Waals surface area contributed by atoms with Gasteiger partial charge in [-0.2, -0.15) is 6.42 Å². The van der Waals surface area contributed by atoms with Crippen molar-refractivity contribution in [2.75, 3.05) is 6.54 Å². The molecule has 0 fully saturated rings. The van der Waals surface area contributed by atoms with E-state index in [0.717, 1.165) is 0 Å². The first-order valence-electron chi connectivity index (χ1n) is 4.28. The molecule has 0 saturated carbocycles. The molecule has 13 heavy (non-hydrogen) atoms. The summed E-state index contributed by atoms with van der Waals surface area (Å²) in [7, 11) is 0. The van der Waals surface area contributed by atoms with Gasteiger partial charge in [0.15, 0.2) is 0 Å². The molecule has 0 bridgehead atoms. The predicted octanol–water partition coefficient (Wildman–Crippen LogP) is 1.04. The van der Waals surface area contributed by atoms with Crippen molar-refractivity contribution in [1.29, 1.82) is 0 Å². The van der Waals surface area contributed by atoms with Gasteiger partial charge in [0.2, 0.25) is 5.91 Å². The Bertz CT molecular complexity index is 149. The number of unbranched alkanes of at least 4 members (excludes halogenated alkanes) is 1. The van der Waals surface area contributed by atoms with Crippen LogP contribution in [0.1, 0.15) is 33.1 Å². The standard InChI is InChI=1S/C9H16NO2.Y/c1-8(2)7-9(12)10-5-3-4-6-11;/h8H,3-5,7H2,1-2H3,(H,10,12);/q-1;. The summed E-state index contributed by atoms with van der Waals surface area (Å²) in [5.74, 6) is 0.457. The van der Waals surface area contributed by atoms with Gasteiger partial charge in [0.05, 0.1) is 0 Å². The number of hydrogen-bond acceptors (Lipinski definition) is 2. The van der Waals surface area contributed by atoms with E-state index < -0.39 is 0 Å². The van der Waals surface area contributed by atoms with E-state index >= 15 is 0 Å². The molecule has 0 unspecified atom stereocenters. The molecule has 0 aliphatic heterocycles. The van der Waals surface area contributed by atoms with E-state index in [1.165, 1.54) is 0 Å². The van der Waals surface area contributed by atoms with E-state index in [4.69, 9.17) is 0 Å². The van der Waals surface area contributed by atoms with Crippen LogP contribution in [0, 0.1) is 5.92 Å². The Morgan fingerprint density at radius 1 is 1.46 bits per heavy atom. The van der Waals surface area contributed by atoms with E-state index in [1.807, 2.05) is 13.8 Å². The molecule has 0 aromatic carbocycles. The maximum absolute atomic E-state index is 11.0. The first-order valence-corrected chi connectivity index (χ1v) is 4.28. The van der Waals surface area contributed by atoms with Crippen LogP contribution in [0.3, 0.4) is 0 Å². The first kappa shape index (κ1) is 15.7. The Hall–Kier alpha value is 0.244. The second kappa shape index (κ2) is 10.3. The van der Waals surface area contributed by atoms with Gasteiger partial charge in [0.25, 0.3) is 0 Å². The first-order chi connectivity index (χ1) is 5.66. The minimum atomic E-state index is 0. The third-order valence-corrected chi connectivity index (χ3v) is 1.37. The molecule has 0 heterocycles. The van der Waals surface area contributed by atoms with Crippen LogP contribution < -0.4 is 5.32 Å². The van der Waals surface area contributed by atoms with Crippen molar-refractivity contribution in [2.45, 2.75) is 33.1 Å². The number of amides is 1. The van der Waals surface area contributed by atoms with Gasteiger partial charge in [0.1, 0.15) is 0 Å². The normalized spacial score (nSPS) is 9.15. The zero-order valence-electron chi connectivity index (χ0n) is 8.30. The fourth-order valence-electron chi connectivity index (χ4n) is 0.831. The molecule has 0 aromatic heterocycles. The van der Waals surface area contributed by atoms with Gasteiger partial charge in [0, 0.05) is 45.7 Å². The van der Waals surface area contributed by atoms with E-state index in [1.54, 1.807) is 6.29 Å². The second-order valence-corrected chi connectivity index (χ2v) is 3.20. The van der Waals surface area contributed by atoms with Gasteiger partial charge in [-0.3, -0.25) is 11.1 Å². The minimum Gasteiger partial charge on any atom is -0.542 e. The van der Waals surface area contributed by atoms with Crippen molar-refractivity contribution in [3.8, 4) is 0 Å². The van der Waals surface area contributed by atoms with Crippen molar-refractivity contribution in [1.82, 2.24) is 5.32 Å². The SMILES string of the molecule is CC(C)CC(=O)NCCC[C-]=O.[Y]. The summed E-state index contributed by atoms with van der Waals surface area (Å²) in [6, 6.07) is 0. The van der Waals surface area contributed by atoms with Crippen LogP contribution in [0.2, 0.25) is 0 Å². The van der Waals surface area contributed by atoms with Crippen LogP contribution in [-0.2, 0) is 42.3 Å². The van der Waals surface area contributed by atoms with Crippen molar-refractivity contribution >= 4 is 12.2 Å². The van der Waals surface area contributed by atoms with Gasteiger partial charge >= 0.3 is 0 Å². The summed E-state index contributed by atoms with van der Waals surface area (Å²) in [4.78, 5) is 20.8. The average Bonchev–Trinajstić information content (AvgIpc) is 1.97. The molecular weight excluding hydrogens is 243 g/mol. The fraction of sp³-hybridized carbons (Fsp3) is 0.778. The van der Waals surface area contributed by atoms with Gasteiger partial charge in [-0.1, -0.05) is 20.3 Å². The largest absolute Gasteiger partial charge is 0.542 e. The van der Waals surface area contributed by atoms with E-state index in [2.05, 4.69) is 5.32 Å². The number of rotatable bonds is 6. The molecule has 0 saturated heterocycles. The quantitative estimate of drug-likeness (QED) is 0.572. The second-order valence-electron chi connectivity index (χ2n) is 3.20. The Balaban J connectivity index is 0. The number of carbonyl (C=O) groups is 1. The Morgan fingerprint density at radius 3 is 2.54 bits per heavy atom. The molecule has 1 amide bonds. The van der Waals surface area contributed by atoms with Crippen LogP contribution in [0.5, 0.6) is 0 Å². The maximum atomic E-state index is 11.0. The van der Waals surface area contributed by atoms with Crippen molar-refractivity contribution in [2.24, 2.45) is 5.92 Å². The van der Waals surface area contributed by atoms with E-state index in [-0.39, 0.29) is 38.6 Å². The molecule has 1 N–H and O–H groups in total. The minimum absolute atomic E-state index is 0. The smallest absolute Gasteiger partial charge is 0.220 e. The van der Waals surface area contributed by atoms with Gasteiger partial charge < -0.3 is 10.1 Å². The van der Waals surface area contributed by atoms with Crippen molar-refractivity contribution in [3.63, 3.8) is 0 Å². The third kappa shape index (κ3) is 12.2. The zero-order valence-corrected chi connectivity index (χ0v) is 11.1. The summed E-state index contributed by atoms with van der Waals surface area (Å²) in [5.41, 5.74) is 0. The molecule has 73 valence electrons. The molecule has 1 radical (unpaired) electrons. The topological polar surface area (TPSA) is 46.2 Å². The van der Waals surface area contributed by atoms with E-state index in [0.29, 0.717) is 31.7 Å². The summed E-state index contributed by atoms with van der Waals surface area (Å²) in [6.45, 7) is 4.58. The van der Waals surface area contributed by atoms with Crippen LogP contribution in [0.15, 0.2) is 0 Å².